The fourth-order valence-electron chi connectivity index (χ4n) is 3.99. The van der Waals surface area contributed by atoms with Crippen molar-refractivity contribution in [3.05, 3.63) is 76.1 Å². The number of hydrogen-bond donors (Lipinski definition) is 2. The Morgan fingerprint density at radius 1 is 1.17 bits per heavy atom. The van der Waals surface area contributed by atoms with E-state index in [2.05, 4.69) is 16.0 Å². The van der Waals surface area contributed by atoms with Crippen LogP contribution in [0.1, 0.15) is 43.2 Å². The molecule has 0 saturated carbocycles. The monoisotopic (exact) mass is 509 g/mol. The third-order valence-electron chi connectivity index (χ3n) is 5.42. The van der Waals surface area contributed by atoms with Gasteiger partial charge in [0.05, 0.1) is 34.5 Å². The van der Waals surface area contributed by atoms with Crippen LogP contribution in [0, 0.1) is 6.92 Å². The molecular weight excluding hydrogens is 482 g/mol. The number of anilines is 1. The van der Waals surface area contributed by atoms with Crippen LogP contribution in [-0.4, -0.2) is 31.8 Å². The van der Waals surface area contributed by atoms with Crippen LogP contribution >= 0.6 is 22.9 Å². The summed E-state index contributed by atoms with van der Waals surface area (Å²) in [5, 5.41) is 19.6. The lowest BCUT2D eigenvalue weighted by Crippen LogP contribution is -2.13. The van der Waals surface area contributed by atoms with Crippen molar-refractivity contribution in [2.24, 2.45) is 0 Å². The molecule has 4 aromatic rings. The summed E-state index contributed by atoms with van der Waals surface area (Å²) in [6.07, 6.45) is 1.78. The second kappa shape index (κ2) is 9.93. The van der Waals surface area contributed by atoms with Crippen molar-refractivity contribution in [1.29, 1.82) is 0 Å². The second-order valence-corrected chi connectivity index (χ2v) is 11.0. The highest BCUT2D eigenvalue weighted by Crippen LogP contribution is 2.42. The average molecular weight is 510 g/mol. The second-order valence-electron chi connectivity index (χ2n) is 9.61. The lowest BCUT2D eigenvalue weighted by atomic mass is 9.93. The van der Waals surface area contributed by atoms with Crippen molar-refractivity contribution in [3.63, 3.8) is 0 Å². The van der Waals surface area contributed by atoms with Gasteiger partial charge in [-0.3, -0.25) is 9.78 Å². The predicted molar refractivity (Wildman–Crippen MR) is 142 cm³/mol. The van der Waals surface area contributed by atoms with E-state index < -0.39 is 11.6 Å². The van der Waals surface area contributed by atoms with Crippen LogP contribution in [0.3, 0.4) is 0 Å². The number of carbonyl (C=O) groups is 1. The molecule has 0 spiro atoms. The molecule has 0 bridgehead atoms. The summed E-state index contributed by atoms with van der Waals surface area (Å²) in [6, 6.07) is 13.6. The van der Waals surface area contributed by atoms with Crippen molar-refractivity contribution in [1.82, 2.24) is 9.97 Å². The molecule has 0 saturated heterocycles. The highest BCUT2D eigenvalue weighted by atomic mass is 35.5. The average Bonchev–Trinajstić information content (AvgIpc) is 3.37. The van der Waals surface area contributed by atoms with E-state index in [0.717, 1.165) is 56.4 Å². The van der Waals surface area contributed by atoms with E-state index in [0.29, 0.717) is 5.02 Å². The Morgan fingerprint density at radius 3 is 2.49 bits per heavy atom. The molecule has 0 atom stereocenters. The summed E-state index contributed by atoms with van der Waals surface area (Å²) in [5.41, 5.74) is 6.32. The van der Waals surface area contributed by atoms with Gasteiger partial charge in [-0.2, -0.15) is 0 Å². The van der Waals surface area contributed by atoms with Crippen molar-refractivity contribution in [3.8, 4) is 11.1 Å². The lowest BCUT2D eigenvalue weighted by molar-refractivity contribution is -0.136. The number of benzene rings is 2. The number of hydrogen-bond acceptors (Lipinski definition) is 6. The highest BCUT2D eigenvalue weighted by Gasteiger charge is 2.25. The standard InChI is InChI=1S/C23H18ClN3O2S.C4H10O/c1-13-9-18-22(21(17(13)10-20(28)29)14-4-6-16(24)7-5-14)30-23(26-18)27-11-15-3-2-8-25-19(15)12-27;1-4(2,3)5/h2-9H,10-12H2,1H3,(H,28,29);5H,1-3H3. The Bertz CT molecular complexity index is 1350. The number of rotatable bonds is 4. The van der Waals surface area contributed by atoms with Crippen LogP contribution in [-0.2, 0) is 24.3 Å². The minimum Gasteiger partial charge on any atom is -0.481 e. The van der Waals surface area contributed by atoms with Crippen LogP contribution < -0.4 is 4.90 Å². The van der Waals surface area contributed by atoms with E-state index in [4.69, 9.17) is 21.7 Å². The quantitative estimate of drug-likeness (QED) is 0.338. The topological polar surface area (TPSA) is 86.6 Å². The van der Waals surface area contributed by atoms with Gasteiger partial charge in [0.2, 0.25) is 0 Å². The molecule has 0 radical (unpaired) electrons. The molecule has 0 aliphatic carbocycles. The molecule has 35 heavy (non-hydrogen) atoms. The SMILES string of the molecule is CC(C)(C)O.Cc1cc2nc(N3Cc4cccnc4C3)sc2c(-c2ccc(Cl)cc2)c1CC(=O)O. The summed E-state index contributed by atoms with van der Waals surface area (Å²) >= 11 is 7.69. The number of aryl methyl sites for hydroxylation is 1. The van der Waals surface area contributed by atoms with Crippen molar-refractivity contribution in [2.75, 3.05) is 4.90 Å². The molecule has 0 amide bonds. The maximum Gasteiger partial charge on any atom is 0.307 e. The number of aliphatic carboxylic acids is 1. The summed E-state index contributed by atoms with van der Waals surface area (Å²) in [5.74, 6) is -0.849. The fraction of sp³-hybridized carbons (Fsp3) is 0.296. The number of pyridine rings is 1. The molecule has 1 aliphatic rings. The first kappa shape index (κ1) is 25.1. The van der Waals surface area contributed by atoms with Gasteiger partial charge in [0.25, 0.3) is 0 Å². The number of carboxylic acids is 1. The number of thiazole rings is 1. The Labute approximate surface area is 213 Å². The van der Waals surface area contributed by atoms with Crippen molar-refractivity contribution in [2.45, 2.75) is 52.8 Å². The number of halogens is 1. The van der Waals surface area contributed by atoms with Crippen molar-refractivity contribution >= 4 is 44.3 Å². The zero-order valence-corrected chi connectivity index (χ0v) is 21.7. The van der Waals surface area contributed by atoms with Gasteiger partial charge in [-0.1, -0.05) is 41.1 Å². The van der Waals surface area contributed by atoms with Gasteiger partial charge in [-0.25, -0.2) is 4.98 Å². The van der Waals surface area contributed by atoms with E-state index in [-0.39, 0.29) is 6.42 Å². The number of aliphatic hydroxyl groups is 1. The van der Waals surface area contributed by atoms with Gasteiger partial charge in [0.1, 0.15) is 0 Å². The minimum atomic E-state index is -0.849. The van der Waals surface area contributed by atoms with E-state index >= 15 is 0 Å². The molecule has 2 aromatic heterocycles. The van der Waals surface area contributed by atoms with Crippen molar-refractivity contribution < 1.29 is 15.0 Å². The van der Waals surface area contributed by atoms with Crippen LogP contribution in [0.2, 0.25) is 5.02 Å². The summed E-state index contributed by atoms with van der Waals surface area (Å²) < 4.78 is 0.998. The zero-order valence-electron chi connectivity index (χ0n) is 20.2. The first-order valence-electron chi connectivity index (χ1n) is 11.3. The van der Waals surface area contributed by atoms with Crippen LogP contribution in [0.15, 0.2) is 48.7 Å². The summed E-state index contributed by atoms with van der Waals surface area (Å²) in [6.45, 7) is 8.69. The van der Waals surface area contributed by atoms with Gasteiger partial charge in [-0.05, 0) is 74.2 Å². The van der Waals surface area contributed by atoms with Crippen LogP contribution in [0.5, 0.6) is 0 Å². The molecule has 8 heteroatoms. The van der Waals surface area contributed by atoms with Crippen LogP contribution in [0.4, 0.5) is 5.13 Å². The molecule has 2 aromatic carbocycles. The Morgan fingerprint density at radius 2 is 1.86 bits per heavy atom. The third-order valence-corrected chi connectivity index (χ3v) is 6.82. The summed E-state index contributed by atoms with van der Waals surface area (Å²) in [7, 11) is 0. The van der Waals surface area contributed by atoms with E-state index in [1.165, 1.54) is 5.56 Å². The maximum absolute atomic E-state index is 11.6. The predicted octanol–water partition coefficient (Wildman–Crippen LogP) is 6.24. The number of aromatic nitrogens is 2. The van der Waals surface area contributed by atoms with E-state index in [9.17, 15) is 9.90 Å². The summed E-state index contributed by atoms with van der Waals surface area (Å²) in [4.78, 5) is 23.2. The molecule has 182 valence electrons. The Hall–Kier alpha value is -3.00. The largest absolute Gasteiger partial charge is 0.481 e. The zero-order chi connectivity index (χ0) is 25.3. The smallest absolute Gasteiger partial charge is 0.307 e. The van der Waals surface area contributed by atoms with Gasteiger partial charge in [0.15, 0.2) is 5.13 Å². The van der Waals surface area contributed by atoms with Gasteiger partial charge in [-0.15, -0.1) is 0 Å². The van der Waals surface area contributed by atoms with Gasteiger partial charge < -0.3 is 15.1 Å². The Kier molecular flexibility index (Phi) is 7.12. The minimum absolute atomic E-state index is 0.0357. The number of nitrogens with zero attached hydrogens (tertiary/aromatic N) is 3. The molecular formula is C27H28ClN3O3S. The molecule has 0 fully saturated rings. The van der Waals surface area contributed by atoms with E-state index in [1.807, 2.05) is 49.5 Å². The fourth-order valence-corrected chi connectivity index (χ4v) is 5.26. The molecule has 0 unspecified atom stereocenters. The molecule has 5 rings (SSSR count). The molecule has 1 aliphatic heterocycles. The molecule has 3 heterocycles. The van der Waals surface area contributed by atoms with Crippen LogP contribution in [0.25, 0.3) is 21.3 Å². The number of carboxylic acid groups (broad SMARTS) is 1. The van der Waals surface area contributed by atoms with Gasteiger partial charge >= 0.3 is 5.97 Å². The highest BCUT2D eigenvalue weighted by molar-refractivity contribution is 7.22. The van der Waals surface area contributed by atoms with Gasteiger partial charge in [0, 0.05) is 23.3 Å². The molecule has 6 nitrogen and oxygen atoms in total. The third kappa shape index (κ3) is 5.99. The normalized spacial score (nSPS) is 12.9. The lowest BCUT2D eigenvalue weighted by Gasteiger charge is -2.13. The number of fused-ring (bicyclic) bond motifs is 2. The maximum atomic E-state index is 11.6. The first-order valence-corrected chi connectivity index (χ1v) is 12.5. The Balaban J connectivity index is 0.000000527. The first-order chi connectivity index (χ1) is 16.5. The molecule has 2 N–H and O–H groups in total. The van der Waals surface area contributed by atoms with E-state index in [1.54, 1.807) is 32.1 Å².